The van der Waals surface area contributed by atoms with Crippen molar-refractivity contribution >= 4 is 23.7 Å². The highest BCUT2D eigenvalue weighted by molar-refractivity contribution is 7.07. The van der Waals surface area contributed by atoms with Crippen LogP contribution in [0, 0.1) is 5.92 Å². The van der Waals surface area contributed by atoms with E-state index >= 15 is 0 Å². The van der Waals surface area contributed by atoms with Crippen LogP contribution in [0.3, 0.4) is 0 Å². The lowest BCUT2D eigenvalue weighted by Gasteiger charge is -2.32. The van der Waals surface area contributed by atoms with Crippen LogP contribution in [-0.4, -0.2) is 31.6 Å². The SMILES string of the molecule is CNCC1CCCN(Cc2ccsc2)C1.Cl. The maximum Gasteiger partial charge on any atom is 0.0242 e. The molecular formula is C12H21ClN2S. The van der Waals surface area contributed by atoms with Crippen molar-refractivity contribution in [2.24, 2.45) is 5.92 Å². The molecule has 1 atom stereocenters. The molecule has 2 rings (SSSR count). The fourth-order valence-corrected chi connectivity index (χ4v) is 3.05. The molecule has 0 aromatic carbocycles. The predicted octanol–water partition coefficient (Wildman–Crippen LogP) is 2.60. The van der Waals surface area contributed by atoms with Crippen molar-refractivity contribution in [1.29, 1.82) is 0 Å². The Kier molecular flexibility index (Phi) is 6.36. The smallest absolute Gasteiger partial charge is 0.0242 e. The molecule has 2 heterocycles. The second-order valence-electron chi connectivity index (χ2n) is 4.43. The van der Waals surface area contributed by atoms with Gasteiger partial charge in [0.25, 0.3) is 0 Å². The first-order chi connectivity index (χ1) is 7.38. The van der Waals surface area contributed by atoms with Crippen LogP contribution in [0.1, 0.15) is 18.4 Å². The van der Waals surface area contributed by atoms with Gasteiger partial charge in [-0.2, -0.15) is 11.3 Å². The molecule has 1 aliphatic heterocycles. The Labute approximate surface area is 108 Å². The Bertz CT molecular complexity index is 275. The Morgan fingerprint density at radius 2 is 2.44 bits per heavy atom. The minimum atomic E-state index is 0. The fraction of sp³-hybridized carbons (Fsp3) is 0.667. The van der Waals surface area contributed by atoms with Gasteiger partial charge in [-0.15, -0.1) is 12.4 Å². The molecule has 1 N–H and O–H groups in total. The summed E-state index contributed by atoms with van der Waals surface area (Å²) in [6, 6.07) is 2.24. The molecule has 1 aromatic heterocycles. The topological polar surface area (TPSA) is 15.3 Å². The quantitative estimate of drug-likeness (QED) is 0.895. The molecule has 0 spiro atoms. The van der Waals surface area contributed by atoms with Gasteiger partial charge in [0.2, 0.25) is 0 Å². The lowest BCUT2D eigenvalue weighted by molar-refractivity contribution is 0.167. The van der Waals surface area contributed by atoms with E-state index < -0.39 is 0 Å². The van der Waals surface area contributed by atoms with Crippen LogP contribution in [0.4, 0.5) is 0 Å². The molecule has 4 heteroatoms. The van der Waals surface area contributed by atoms with Crippen LogP contribution in [0.2, 0.25) is 0 Å². The number of halogens is 1. The zero-order valence-corrected chi connectivity index (χ0v) is 11.4. The highest BCUT2D eigenvalue weighted by Crippen LogP contribution is 2.18. The van der Waals surface area contributed by atoms with Gasteiger partial charge in [0.1, 0.15) is 0 Å². The minimum Gasteiger partial charge on any atom is -0.319 e. The van der Waals surface area contributed by atoms with Gasteiger partial charge in [-0.25, -0.2) is 0 Å². The average Bonchev–Trinajstić information content (AvgIpc) is 2.71. The summed E-state index contributed by atoms with van der Waals surface area (Å²) < 4.78 is 0. The Morgan fingerprint density at radius 3 is 3.12 bits per heavy atom. The zero-order chi connectivity index (χ0) is 10.5. The van der Waals surface area contributed by atoms with E-state index in [1.165, 1.54) is 38.0 Å². The third kappa shape index (κ3) is 4.06. The van der Waals surface area contributed by atoms with Crippen LogP contribution >= 0.6 is 23.7 Å². The van der Waals surface area contributed by atoms with Crippen LogP contribution in [-0.2, 0) is 6.54 Å². The van der Waals surface area contributed by atoms with Gasteiger partial charge >= 0.3 is 0 Å². The van der Waals surface area contributed by atoms with Crippen molar-refractivity contribution in [3.63, 3.8) is 0 Å². The summed E-state index contributed by atoms with van der Waals surface area (Å²) >= 11 is 1.80. The molecule has 1 fully saturated rings. The maximum atomic E-state index is 3.29. The maximum absolute atomic E-state index is 3.29. The van der Waals surface area contributed by atoms with Crippen molar-refractivity contribution in [3.8, 4) is 0 Å². The van der Waals surface area contributed by atoms with E-state index in [1.54, 1.807) is 11.3 Å². The molecule has 0 aliphatic carbocycles. The number of nitrogens with zero attached hydrogens (tertiary/aromatic N) is 1. The van der Waals surface area contributed by atoms with Crippen LogP contribution in [0.15, 0.2) is 16.8 Å². The van der Waals surface area contributed by atoms with E-state index in [0.717, 1.165) is 12.5 Å². The summed E-state index contributed by atoms with van der Waals surface area (Å²) in [6.07, 6.45) is 2.75. The summed E-state index contributed by atoms with van der Waals surface area (Å²) in [7, 11) is 2.05. The molecule has 1 unspecified atom stereocenters. The van der Waals surface area contributed by atoms with E-state index in [4.69, 9.17) is 0 Å². The Balaban J connectivity index is 0.00000128. The van der Waals surface area contributed by atoms with Crippen molar-refractivity contribution < 1.29 is 0 Å². The van der Waals surface area contributed by atoms with E-state index in [9.17, 15) is 0 Å². The predicted molar refractivity (Wildman–Crippen MR) is 73.5 cm³/mol. The number of nitrogens with one attached hydrogen (secondary N) is 1. The number of thiophene rings is 1. The molecule has 1 aliphatic rings. The molecule has 2 nitrogen and oxygen atoms in total. The Morgan fingerprint density at radius 1 is 1.56 bits per heavy atom. The highest BCUT2D eigenvalue weighted by Gasteiger charge is 2.19. The van der Waals surface area contributed by atoms with Gasteiger partial charge in [0, 0.05) is 13.1 Å². The second-order valence-corrected chi connectivity index (χ2v) is 5.21. The van der Waals surface area contributed by atoms with Crippen molar-refractivity contribution in [2.45, 2.75) is 19.4 Å². The number of hydrogen-bond donors (Lipinski definition) is 1. The van der Waals surface area contributed by atoms with E-state index in [2.05, 4.69) is 34.1 Å². The summed E-state index contributed by atoms with van der Waals surface area (Å²) in [5, 5.41) is 7.73. The minimum absolute atomic E-state index is 0. The molecule has 0 saturated carbocycles. The van der Waals surface area contributed by atoms with Crippen molar-refractivity contribution in [1.82, 2.24) is 10.2 Å². The Hall–Kier alpha value is -0.0900. The van der Waals surface area contributed by atoms with Gasteiger partial charge in [-0.05, 0) is 61.3 Å². The first kappa shape index (κ1) is 14.0. The molecule has 92 valence electrons. The monoisotopic (exact) mass is 260 g/mol. The first-order valence-electron chi connectivity index (χ1n) is 5.76. The molecular weight excluding hydrogens is 240 g/mol. The number of piperidine rings is 1. The van der Waals surface area contributed by atoms with Gasteiger partial charge in [0.15, 0.2) is 0 Å². The van der Waals surface area contributed by atoms with Crippen LogP contribution < -0.4 is 5.32 Å². The van der Waals surface area contributed by atoms with E-state index in [-0.39, 0.29) is 12.4 Å². The van der Waals surface area contributed by atoms with E-state index in [1.807, 2.05) is 0 Å². The zero-order valence-electron chi connectivity index (χ0n) is 9.82. The third-order valence-corrected chi connectivity index (χ3v) is 3.81. The number of rotatable bonds is 4. The standard InChI is InChI=1S/C12H20N2S.ClH/c1-13-7-11-3-2-5-14(8-11)9-12-4-6-15-10-12;/h4,6,10-11,13H,2-3,5,7-9H2,1H3;1H. The van der Waals surface area contributed by atoms with Crippen molar-refractivity contribution in [3.05, 3.63) is 22.4 Å². The number of hydrogen-bond acceptors (Lipinski definition) is 3. The molecule has 1 aromatic rings. The third-order valence-electron chi connectivity index (χ3n) is 3.08. The van der Waals surface area contributed by atoms with Gasteiger partial charge < -0.3 is 5.32 Å². The highest BCUT2D eigenvalue weighted by atomic mass is 35.5. The summed E-state index contributed by atoms with van der Waals surface area (Å²) in [5.74, 6) is 0.849. The largest absolute Gasteiger partial charge is 0.319 e. The first-order valence-corrected chi connectivity index (χ1v) is 6.71. The molecule has 0 radical (unpaired) electrons. The summed E-state index contributed by atoms with van der Waals surface area (Å²) in [4.78, 5) is 2.59. The van der Waals surface area contributed by atoms with Gasteiger partial charge in [-0.1, -0.05) is 0 Å². The van der Waals surface area contributed by atoms with E-state index in [0.29, 0.717) is 0 Å². The molecule has 1 saturated heterocycles. The molecule has 0 amide bonds. The normalized spacial score (nSPS) is 21.7. The second kappa shape index (κ2) is 7.28. The molecule has 16 heavy (non-hydrogen) atoms. The van der Waals surface area contributed by atoms with Crippen LogP contribution in [0.5, 0.6) is 0 Å². The lowest BCUT2D eigenvalue weighted by atomic mass is 9.98. The number of likely N-dealkylation sites (tertiary alicyclic amines) is 1. The van der Waals surface area contributed by atoms with Gasteiger partial charge in [-0.3, -0.25) is 4.90 Å². The summed E-state index contributed by atoms with van der Waals surface area (Å²) in [5.41, 5.74) is 1.48. The van der Waals surface area contributed by atoms with Gasteiger partial charge in [0.05, 0.1) is 0 Å². The fourth-order valence-electron chi connectivity index (χ4n) is 2.39. The van der Waals surface area contributed by atoms with Crippen molar-refractivity contribution in [2.75, 3.05) is 26.7 Å². The summed E-state index contributed by atoms with van der Waals surface area (Å²) in [6.45, 7) is 4.84. The lowest BCUT2D eigenvalue weighted by Crippen LogP contribution is -2.38. The van der Waals surface area contributed by atoms with Crippen LogP contribution in [0.25, 0.3) is 0 Å². The average molecular weight is 261 g/mol. The molecule has 0 bridgehead atoms.